The van der Waals surface area contributed by atoms with E-state index in [1.54, 1.807) is 6.07 Å². The molecule has 4 nitrogen and oxygen atoms in total. The number of ether oxygens (including phenoxy) is 1. The topological polar surface area (TPSA) is 35.9 Å². The molecule has 1 aliphatic carbocycles. The van der Waals surface area contributed by atoms with E-state index in [1.165, 1.54) is 67.6 Å². The van der Waals surface area contributed by atoms with Crippen molar-refractivity contribution in [2.75, 3.05) is 37.7 Å². The van der Waals surface area contributed by atoms with Gasteiger partial charge in [0.05, 0.1) is 0 Å². The third-order valence-corrected chi connectivity index (χ3v) is 7.01. The number of para-hydroxylation sites is 1. The number of rotatable bonds is 8. The third kappa shape index (κ3) is 7.76. The van der Waals surface area contributed by atoms with Crippen LogP contribution in [0.4, 0.5) is 5.69 Å². The van der Waals surface area contributed by atoms with Gasteiger partial charge in [0.15, 0.2) is 0 Å². The van der Waals surface area contributed by atoms with Crippen LogP contribution in [0.25, 0.3) is 0 Å². The molecule has 0 atom stereocenters. The van der Waals surface area contributed by atoms with E-state index >= 15 is 0 Å². The van der Waals surface area contributed by atoms with E-state index in [0.717, 1.165) is 38.4 Å². The van der Waals surface area contributed by atoms with Gasteiger partial charge in [-0.3, -0.25) is 4.90 Å². The average molecular weight is 473 g/mol. The van der Waals surface area contributed by atoms with Crippen LogP contribution in [0.5, 0.6) is 11.5 Å². The molecular weight excluding hydrogens is 432 g/mol. The summed E-state index contributed by atoms with van der Waals surface area (Å²) in [6.45, 7) is 8.41. The van der Waals surface area contributed by atoms with Gasteiger partial charge in [0.1, 0.15) is 18.1 Å². The van der Waals surface area contributed by atoms with E-state index in [9.17, 15) is 5.11 Å². The lowest BCUT2D eigenvalue weighted by molar-refractivity contribution is 0.238. The molecular formula is C31H40N2O2. The second kappa shape index (κ2) is 13.2. The Morgan fingerprint density at radius 1 is 0.829 bits per heavy atom. The molecule has 35 heavy (non-hydrogen) atoms. The molecule has 1 fully saturated rings. The lowest BCUT2D eigenvalue weighted by Gasteiger charge is -2.23. The van der Waals surface area contributed by atoms with Crippen LogP contribution >= 0.6 is 0 Å². The van der Waals surface area contributed by atoms with Crippen molar-refractivity contribution < 1.29 is 9.84 Å². The lowest BCUT2D eigenvalue weighted by atomic mass is 9.92. The van der Waals surface area contributed by atoms with E-state index in [4.69, 9.17) is 4.74 Å². The van der Waals surface area contributed by atoms with Gasteiger partial charge in [0, 0.05) is 25.3 Å². The molecule has 0 amide bonds. The van der Waals surface area contributed by atoms with Crippen LogP contribution < -0.4 is 9.64 Å². The molecule has 1 heterocycles. The highest BCUT2D eigenvalue weighted by Crippen LogP contribution is 2.24. The zero-order valence-electron chi connectivity index (χ0n) is 21.2. The van der Waals surface area contributed by atoms with Crippen LogP contribution in [0.15, 0.2) is 72.8 Å². The van der Waals surface area contributed by atoms with Gasteiger partial charge in [-0.1, -0.05) is 36.4 Å². The number of likely N-dealkylation sites (tertiary alicyclic amines) is 1. The predicted octanol–water partition coefficient (Wildman–Crippen LogP) is 6.46. The molecule has 3 aromatic carbocycles. The highest BCUT2D eigenvalue weighted by atomic mass is 16.5. The number of aromatic hydroxyl groups is 1. The maximum absolute atomic E-state index is 9.19. The first-order valence-electron chi connectivity index (χ1n) is 13.3. The fourth-order valence-corrected chi connectivity index (χ4v) is 4.95. The molecule has 0 spiro atoms. The highest BCUT2D eigenvalue weighted by Gasteiger charge is 2.11. The molecule has 1 aliphatic heterocycles. The molecule has 2 aliphatic rings. The second-order valence-corrected chi connectivity index (χ2v) is 9.55. The summed E-state index contributed by atoms with van der Waals surface area (Å²) in [6, 6.07) is 24.8. The first kappa shape index (κ1) is 25.1. The Labute approximate surface area is 211 Å². The van der Waals surface area contributed by atoms with Gasteiger partial charge in [-0.2, -0.15) is 0 Å². The number of benzene rings is 3. The summed E-state index contributed by atoms with van der Waals surface area (Å²) in [5.41, 5.74) is 5.35. The molecule has 1 N–H and O–H groups in total. The maximum atomic E-state index is 9.19. The largest absolute Gasteiger partial charge is 0.508 e. The summed E-state index contributed by atoms with van der Waals surface area (Å²) < 4.78 is 5.88. The molecule has 0 aromatic heterocycles. The van der Waals surface area contributed by atoms with Crippen molar-refractivity contribution in [2.45, 2.75) is 52.0 Å². The van der Waals surface area contributed by atoms with Crippen LogP contribution in [0.3, 0.4) is 0 Å². The summed E-state index contributed by atoms with van der Waals surface area (Å²) in [4.78, 5) is 4.86. The number of hydrogen-bond acceptors (Lipinski definition) is 4. The number of hydrogen-bond donors (Lipinski definition) is 1. The van der Waals surface area contributed by atoms with Crippen molar-refractivity contribution in [1.29, 1.82) is 0 Å². The minimum Gasteiger partial charge on any atom is -0.508 e. The molecule has 5 rings (SSSR count). The monoisotopic (exact) mass is 472 g/mol. The zero-order chi connectivity index (χ0) is 24.3. The third-order valence-electron chi connectivity index (χ3n) is 7.01. The number of aryl methyl sites for hydroxylation is 2. The molecule has 186 valence electrons. The first-order chi connectivity index (χ1) is 17.2. The number of phenols is 1. The Morgan fingerprint density at radius 2 is 1.54 bits per heavy atom. The molecule has 0 unspecified atom stereocenters. The Kier molecular flexibility index (Phi) is 9.47. The van der Waals surface area contributed by atoms with Crippen molar-refractivity contribution in [3.05, 3.63) is 89.5 Å². The Bertz CT molecular complexity index is 1010. The van der Waals surface area contributed by atoms with Crippen molar-refractivity contribution in [1.82, 2.24) is 4.90 Å². The lowest BCUT2D eigenvalue weighted by Crippen LogP contribution is -2.25. The quantitative estimate of drug-likeness (QED) is 0.408. The van der Waals surface area contributed by atoms with Crippen LogP contribution in [0.2, 0.25) is 0 Å². The Hall–Kier alpha value is -2.98. The average Bonchev–Trinajstić information content (AvgIpc) is 3.42. The van der Waals surface area contributed by atoms with Crippen LogP contribution in [-0.4, -0.2) is 42.8 Å². The summed E-state index contributed by atoms with van der Waals surface area (Å²) >= 11 is 0. The first-order valence-corrected chi connectivity index (χ1v) is 13.3. The SMILES string of the molecule is CCN(Cc1ccc(OCCN2CCCC2)cc1)c1ccccc1.Oc1ccc2c(c1)CCCC2. The van der Waals surface area contributed by atoms with Crippen LogP contribution in [0, 0.1) is 0 Å². The van der Waals surface area contributed by atoms with E-state index in [1.807, 2.05) is 12.1 Å². The van der Waals surface area contributed by atoms with Gasteiger partial charge >= 0.3 is 0 Å². The summed E-state index contributed by atoms with van der Waals surface area (Å²) in [5.74, 6) is 1.38. The van der Waals surface area contributed by atoms with Gasteiger partial charge in [-0.15, -0.1) is 0 Å². The summed E-state index contributed by atoms with van der Waals surface area (Å²) in [7, 11) is 0. The fraction of sp³-hybridized carbons (Fsp3) is 0.419. The molecule has 0 bridgehead atoms. The Morgan fingerprint density at radius 3 is 2.26 bits per heavy atom. The molecule has 0 saturated carbocycles. The van der Waals surface area contributed by atoms with Crippen molar-refractivity contribution >= 4 is 5.69 Å². The molecule has 4 heteroatoms. The Balaban J connectivity index is 0.000000218. The predicted molar refractivity (Wildman–Crippen MR) is 146 cm³/mol. The summed E-state index contributed by atoms with van der Waals surface area (Å²) in [5, 5.41) is 9.19. The minimum atomic E-state index is 0.408. The van der Waals surface area contributed by atoms with Gasteiger partial charge in [0.2, 0.25) is 0 Å². The number of anilines is 1. The number of phenolic OH excluding ortho intramolecular Hbond substituents is 1. The highest BCUT2D eigenvalue weighted by molar-refractivity contribution is 5.46. The number of fused-ring (bicyclic) bond motifs is 1. The minimum absolute atomic E-state index is 0.408. The van der Waals surface area contributed by atoms with E-state index in [2.05, 4.69) is 71.3 Å². The van der Waals surface area contributed by atoms with Gasteiger partial charge in [-0.05, 0) is 112 Å². The normalized spacial score (nSPS) is 15.1. The zero-order valence-corrected chi connectivity index (χ0v) is 21.2. The summed E-state index contributed by atoms with van der Waals surface area (Å²) in [6.07, 6.45) is 7.58. The fourth-order valence-electron chi connectivity index (χ4n) is 4.95. The van der Waals surface area contributed by atoms with Gasteiger partial charge in [0.25, 0.3) is 0 Å². The molecule has 3 aromatic rings. The van der Waals surface area contributed by atoms with Gasteiger partial charge < -0.3 is 14.7 Å². The molecule has 1 saturated heterocycles. The van der Waals surface area contributed by atoms with E-state index in [-0.39, 0.29) is 0 Å². The van der Waals surface area contributed by atoms with Crippen molar-refractivity contribution in [3.8, 4) is 11.5 Å². The second-order valence-electron chi connectivity index (χ2n) is 9.55. The smallest absolute Gasteiger partial charge is 0.119 e. The van der Waals surface area contributed by atoms with Crippen molar-refractivity contribution in [2.24, 2.45) is 0 Å². The maximum Gasteiger partial charge on any atom is 0.119 e. The molecule has 0 radical (unpaired) electrons. The standard InChI is InChI=1S/C21H28N2O.C10H12O/c1-2-23(20-8-4-3-5-9-20)18-19-10-12-21(13-11-19)24-17-16-22-14-6-7-15-22;11-10-6-5-8-3-1-2-4-9(8)7-10/h3-5,8-13H,2,6-7,14-18H2,1H3;5-7,11H,1-4H2. The van der Waals surface area contributed by atoms with Crippen LogP contribution in [0.1, 0.15) is 49.3 Å². The van der Waals surface area contributed by atoms with E-state index < -0.39 is 0 Å². The van der Waals surface area contributed by atoms with Crippen LogP contribution in [-0.2, 0) is 19.4 Å². The number of nitrogens with zero attached hydrogens (tertiary/aromatic N) is 2. The van der Waals surface area contributed by atoms with Gasteiger partial charge in [-0.25, -0.2) is 0 Å². The van der Waals surface area contributed by atoms with Crippen molar-refractivity contribution in [3.63, 3.8) is 0 Å². The van der Waals surface area contributed by atoms with E-state index in [0.29, 0.717) is 5.75 Å².